The fraction of sp³-hybridized carbons (Fsp3) is 0.500. The predicted molar refractivity (Wildman–Crippen MR) is 104 cm³/mol. The smallest absolute Gasteiger partial charge is 0.147 e. The van der Waals surface area contributed by atoms with Gasteiger partial charge in [-0.2, -0.15) is 0 Å². The van der Waals surface area contributed by atoms with Crippen LogP contribution in [0.5, 0.6) is 0 Å². The summed E-state index contributed by atoms with van der Waals surface area (Å²) in [5, 5.41) is 0. The van der Waals surface area contributed by atoms with Gasteiger partial charge in [0.2, 0.25) is 0 Å². The molecule has 0 amide bonds. The standard InChI is InChI=1S/C10H15.C10H13.2ClH.Ti/c1-7-6-10(4,5)9(3)8(7)2;1-10(2,3)9-7-5-4-6-8-9;;;/h1-5H3;4-7H,1-3H3;2*1H;. The molecule has 1 aromatic carbocycles. The Morgan fingerprint density at radius 2 is 1.39 bits per heavy atom. The Hall–Kier alpha value is -0.00571. The second-order valence-corrected chi connectivity index (χ2v) is 9.81. The number of benzene rings is 1. The molecule has 0 nitrogen and oxygen atoms in total. The molecule has 1 aliphatic carbocycles. The number of hydrogen-bond acceptors (Lipinski definition) is 0. The minimum Gasteiger partial charge on any atom is -0.147 e. The Bertz CT molecular complexity index is 631. The SMILES string of the molecule is CC1=C(C)C(C)(C)[C]([Ti][c]2ccccc2C(C)(C)C)=C1C.Cl.Cl. The second-order valence-electron chi connectivity index (χ2n) is 7.80. The van der Waals surface area contributed by atoms with Gasteiger partial charge in [0.25, 0.3) is 0 Å². The molecule has 0 bridgehead atoms. The molecule has 0 unspecified atom stereocenters. The summed E-state index contributed by atoms with van der Waals surface area (Å²) in [7, 11) is 0. The minimum absolute atomic E-state index is 0. The Morgan fingerprint density at radius 1 is 0.870 bits per heavy atom. The molecule has 0 aliphatic heterocycles. The molecule has 0 aromatic heterocycles. The molecule has 1 aromatic rings. The third-order valence-electron chi connectivity index (χ3n) is 5.06. The molecule has 3 heteroatoms. The molecule has 1 aliphatic rings. The van der Waals surface area contributed by atoms with Gasteiger partial charge >= 0.3 is 140 Å². The van der Waals surface area contributed by atoms with Gasteiger partial charge in [0.05, 0.1) is 0 Å². The van der Waals surface area contributed by atoms with Crippen LogP contribution in [0, 0.1) is 5.41 Å². The van der Waals surface area contributed by atoms with Gasteiger partial charge in [0.1, 0.15) is 0 Å². The number of rotatable bonds is 2. The van der Waals surface area contributed by atoms with Gasteiger partial charge < -0.3 is 0 Å². The van der Waals surface area contributed by atoms with Crippen LogP contribution in [-0.2, 0) is 24.6 Å². The van der Waals surface area contributed by atoms with Crippen molar-refractivity contribution >= 4 is 28.7 Å². The molecule has 0 saturated heterocycles. The molecular formula is C20H30Cl2Ti. The number of halogens is 2. The van der Waals surface area contributed by atoms with Crippen LogP contribution in [0.4, 0.5) is 0 Å². The molecule has 0 atom stereocenters. The molecule has 128 valence electrons. The summed E-state index contributed by atoms with van der Waals surface area (Å²) in [5.41, 5.74) is 6.65. The van der Waals surface area contributed by atoms with Gasteiger partial charge in [-0.15, -0.1) is 24.8 Å². The first-order valence-electron chi connectivity index (χ1n) is 7.83. The zero-order valence-electron chi connectivity index (χ0n) is 15.6. The third kappa shape index (κ3) is 4.34. The normalized spacial score (nSPS) is 16.9. The predicted octanol–water partition coefficient (Wildman–Crippen LogP) is 6.19. The van der Waals surface area contributed by atoms with Gasteiger partial charge in [0.15, 0.2) is 0 Å². The van der Waals surface area contributed by atoms with Crippen molar-refractivity contribution < 1.29 is 19.2 Å². The van der Waals surface area contributed by atoms with Crippen molar-refractivity contribution in [3.63, 3.8) is 0 Å². The molecule has 2 rings (SSSR count). The van der Waals surface area contributed by atoms with Gasteiger partial charge in [-0.1, -0.05) is 0 Å². The summed E-state index contributed by atoms with van der Waals surface area (Å²) in [6.45, 7) is 18.7. The monoisotopic (exact) mass is 388 g/mol. The van der Waals surface area contributed by atoms with Crippen molar-refractivity contribution in [1.29, 1.82) is 0 Å². The van der Waals surface area contributed by atoms with Gasteiger partial charge in [0, 0.05) is 0 Å². The van der Waals surface area contributed by atoms with E-state index in [0.717, 1.165) is 0 Å². The van der Waals surface area contributed by atoms with Crippen LogP contribution in [0.3, 0.4) is 0 Å². The molecule has 0 N–H and O–H groups in total. The topological polar surface area (TPSA) is 0 Å². The van der Waals surface area contributed by atoms with E-state index in [9.17, 15) is 0 Å². The van der Waals surface area contributed by atoms with Gasteiger partial charge in [-0.25, -0.2) is 0 Å². The first-order chi connectivity index (χ1) is 9.56. The summed E-state index contributed by atoms with van der Waals surface area (Å²) in [4.78, 5) is 0. The van der Waals surface area contributed by atoms with E-state index in [0.29, 0.717) is 0 Å². The molecular weight excluding hydrogens is 359 g/mol. The Morgan fingerprint density at radius 3 is 1.83 bits per heavy atom. The van der Waals surface area contributed by atoms with Gasteiger partial charge in [-0.05, 0) is 0 Å². The van der Waals surface area contributed by atoms with Gasteiger partial charge in [-0.3, -0.25) is 0 Å². The maximum Gasteiger partial charge on any atom is -0.147 e. The van der Waals surface area contributed by atoms with Crippen LogP contribution in [0.1, 0.15) is 61.0 Å². The van der Waals surface area contributed by atoms with E-state index in [1.165, 1.54) is 11.1 Å². The average molecular weight is 389 g/mol. The zero-order chi connectivity index (χ0) is 16.0. The number of hydrogen-bond donors (Lipinski definition) is 0. The van der Waals surface area contributed by atoms with E-state index in [2.05, 4.69) is 79.7 Å². The van der Waals surface area contributed by atoms with E-state index in [1.807, 2.05) is 0 Å². The van der Waals surface area contributed by atoms with Crippen LogP contribution in [0.15, 0.2) is 44.9 Å². The molecule has 0 spiro atoms. The van der Waals surface area contributed by atoms with Crippen molar-refractivity contribution in [2.24, 2.45) is 5.41 Å². The van der Waals surface area contributed by atoms with E-state index in [4.69, 9.17) is 0 Å². The summed E-state index contributed by atoms with van der Waals surface area (Å²) in [5.74, 6) is 0. The van der Waals surface area contributed by atoms with E-state index in [-0.39, 0.29) is 54.8 Å². The zero-order valence-corrected chi connectivity index (χ0v) is 18.8. The van der Waals surface area contributed by atoms with Crippen molar-refractivity contribution in [2.75, 3.05) is 0 Å². The maximum absolute atomic E-state index is 2.40. The molecule has 23 heavy (non-hydrogen) atoms. The Balaban J connectivity index is 0.00000242. The van der Waals surface area contributed by atoms with E-state index >= 15 is 0 Å². The van der Waals surface area contributed by atoms with E-state index < -0.39 is 0 Å². The van der Waals surface area contributed by atoms with Crippen LogP contribution in [0.2, 0.25) is 0 Å². The second kappa shape index (κ2) is 7.92. The number of allylic oxidation sites excluding steroid dienone is 4. The van der Waals surface area contributed by atoms with Crippen LogP contribution >= 0.6 is 24.8 Å². The van der Waals surface area contributed by atoms with Crippen molar-refractivity contribution in [3.05, 3.63) is 50.4 Å². The first kappa shape index (κ1) is 23.0. The summed E-state index contributed by atoms with van der Waals surface area (Å²) < 4.78 is 3.32. The average Bonchev–Trinajstić information content (AvgIpc) is 2.53. The van der Waals surface area contributed by atoms with Crippen molar-refractivity contribution in [2.45, 2.75) is 60.8 Å². The fourth-order valence-corrected chi connectivity index (χ4v) is 6.22. The quantitative estimate of drug-likeness (QED) is 0.530. The molecule has 0 saturated carbocycles. The molecule has 0 radical (unpaired) electrons. The van der Waals surface area contributed by atoms with Crippen LogP contribution in [0.25, 0.3) is 0 Å². The van der Waals surface area contributed by atoms with Crippen LogP contribution in [-0.4, -0.2) is 0 Å². The first-order valence-corrected chi connectivity index (χ1v) is 9.39. The third-order valence-corrected chi connectivity index (χ3v) is 8.11. The van der Waals surface area contributed by atoms with Crippen LogP contribution < -0.4 is 3.87 Å². The summed E-state index contributed by atoms with van der Waals surface area (Å²) in [6, 6.07) is 9.08. The summed E-state index contributed by atoms with van der Waals surface area (Å²) in [6.07, 6.45) is 0. The maximum atomic E-state index is 2.40. The fourth-order valence-electron chi connectivity index (χ4n) is 3.22. The van der Waals surface area contributed by atoms with Crippen molar-refractivity contribution in [3.8, 4) is 0 Å². The minimum atomic E-state index is -0.272. The largest absolute Gasteiger partial charge is 0.147 e. The Kier molecular flexibility index (Phi) is 7.91. The van der Waals surface area contributed by atoms with E-state index in [1.54, 1.807) is 18.9 Å². The van der Waals surface area contributed by atoms with Crippen molar-refractivity contribution in [1.82, 2.24) is 0 Å². The molecule has 0 heterocycles. The summed E-state index contributed by atoms with van der Waals surface area (Å²) >= 11 is -0.272. The molecule has 0 fully saturated rings. The Labute approximate surface area is 164 Å².